The van der Waals surface area contributed by atoms with Crippen molar-refractivity contribution in [1.29, 1.82) is 0 Å². The highest BCUT2D eigenvalue weighted by Crippen LogP contribution is 2.24. The SMILES string of the molecule is Cc1cccc(C(=O)NCCNC(=O)c2ccc3c(c2)C(=O)N(CC(C)C)C3=O)c1. The molecule has 2 N–H and O–H groups in total. The first kappa shape index (κ1) is 21.2. The van der Waals surface area contributed by atoms with Gasteiger partial charge in [0, 0.05) is 30.8 Å². The average Bonchev–Trinajstić information content (AvgIpc) is 2.95. The molecule has 0 bridgehead atoms. The number of carbonyl (C=O) groups excluding carboxylic acids is 4. The molecule has 0 atom stereocenters. The Hall–Kier alpha value is -3.48. The van der Waals surface area contributed by atoms with Crippen LogP contribution in [0.15, 0.2) is 42.5 Å². The smallest absolute Gasteiger partial charge is 0.261 e. The summed E-state index contributed by atoms with van der Waals surface area (Å²) >= 11 is 0. The van der Waals surface area contributed by atoms with Gasteiger partial charge in [0.2, 0.25) is 0 Å². The van der Waals surface area contributed by atoms with Crippen LogP contribution in [-0.2, 0) is 0 Å². The van der Waals surface area contributed by atoms with Crippen molar-refractivity contribution in [3.63, 3.8) is 0 Å². The third-order valence-electron chi connectivity index (χ3n) is 4.76. The van der Waals surface area contributed by atoms with Gasteiger partial charge in [-0.25, -0.2) is 0 Å². The quantitative estimate of drug-likeness (QED) is 0.544. The van der Waals surface area contributed by atoms with Crippen LogP contribution in [0.2, 0.25) is 0 Å². The Morgan fingerprint density at radius 1 is 0.867 bits per heavy atom. The summed E-state index contributed by atoms with van der Waals surface area (Å²) in [6.07, 6.45) is 0. The van der Waals surface area contributed by atoms with Crippen LogP contribution in [0.1, 0.15) is 60.8 Å². The van der Waals surface area contributed by atoms with E-state index in [4.69, 9.17) is 0 Å². The standard InChI is InChI=1S/C23H25N3O4/c1-14(2)13-26-22(29)18-8-7-17(12-19(18)23(26)30)21(28)25-10-9-24-20(27)16-6-4-5-15(3)11-16/h4-8,11-12,14H,9-10,13H2,1-3H3,(H,24,27)(H,25,28). The monoisotopic (exact) mass is 407 g/mol. The normalized spacial score (nSPS) is 12.9. The van der Waals surface area contributed by atoms with Crippen molar-refractivity contribution in [2.24, 2.45) is 5.92 Å². The summed E-state index contributed by atoms with van der Waals surface area (Å²) in [6.45, 7) is 6.62. The molecule has 1 aliphatic heterocycles. The van der Waals surface area contributed by atoms with Gasteiger partial charge in [-0.05, 0) is 43.2 Å². The molecule has 2 aromatic rings. The highest BCUT2D eigenvalue weighted by atomic mass is 16.2. The molecule has 0 saturated carbocycles. The molecular formula is C23H25N3O4. The predicted octanol–water partition coefficient (Wildman–Crippen LogP) is 2.41. The van der Waals surface area contributed by atoms with Gasteiger partial charge in [-0.2, -0.15) is 0 Å². The summed E-state index contributed by atoms with van der Waals surface area (Å²) in [5.74, 6) is -1.12. The number of nitrogens with one attached hydrogen (secondary N) is 2. The number of amides is 4. The molecule has 1 heterocycles. The van der Waals surface area contributed by atoms with Crippen LogP contribution in [0.4, 0.5) is 0 Å². The Kier molecular flexibility index (Phi) is 6.30. The summed E-state index contributed by atoms with van der Waals surface area (Å²) in [7, 11) is 0. The lowest BCUT2D eigenvalue weighted by Crippen LogP contribution is -2.34. The molecule has 0 aromatic heterocycles. The Morgan fingerprint density at radius 2 is 1.47 bits per heavy atom. The summed E-state index contributed by atoms with van der Waals surface area (Å²) in [5.41, 5.74) is 2.43. The number of hydrogen-bond donors (Lipinski definition) is 2. The van der Waals surface area contributed by atoms with Gasteiger partial charge in [0.15, 0.2) is 0 Å². The zero-order chi connectivity index (χ0) is 21.8. The van der Waals surface area contributed by atoms with E-state index in [1.54, 1.807) is 12.1 Å². The van der Waals surface area contributed by atoms with Gasteiger partial charge in [0.25, 0.3) is 23.6 Å². The molecule has 0 fully saturated rings. The molecular weight excluding hydrogens is 382 g/mol. The lowest BCUT2D eigenvalue weighted by atomic mass is 10.1. The van der Waals surface area contributed by atoms with E-state index in [2.05, 4.69) is 10.6 Å². The van der Waals surface area contributed by atoms with E-state index in [1.807, 2.05) is 32.9 Å². The van der Waals surface area contributed by atoms with Crippen LogP contribution in [0, 0.1) is 12.8 Å². The van der Waals surface area contributed by atoms with Crippen molar-refractivity contribution < 1.29 is 19.2 Å². The molecule has 3 rings (SSSR count). The van der Waals surface area contributed by atoms with E-state index in [-0.39, 0.29) is 48.2 Å². The number of benzene rings is 2. The zero-order valence-corrected chi connectivity index (χ0v) is 17.3. The van der Waals surface area contributed by atoms with Crippen molar-refractivity contribution in [2.75, 3.05) is 19.6 Å². The summed E-state index contributed by atoms with van der Waals surface area (Å²) in [5, 5.41) is 5.47. The molecule has 7 nitrogen and oxygen atoms in total. The highest BCUT2D eigenvalue weighted by Gasteiger charge is 2.36. The molecule has 0 saturated heterocycles. The van der Waals surface area contributed by atoms with Crippen molar-refractivity contribution in [3.05, 3.63) is 70.3 Å². The Balaban J connectivity index is 1.56. The fourth-order valence-corrected chi connectivity index (χ4v) is 3.31. The first-order valence-electron chi connectivity index (χ1n) is 9.91. The fraction of sp³-hybridized carbons (Fsp3) is 0.304. The van der Waals surface area contributed by atoms with E-state index in [0.29, 0.717) is 23.2 Å². The summed E-state index contributed by atoms with van der Waals surface area (Å²) in [4.78, 5) is 50.7. The predicted molar refractivity (Wildman–Crippen MR) is 112 cm³/mol. The number of aryl methyl sites for hydroxylation is 1. The molecule has 156 valence electrons. The van der Waals surface area contributed by atoms with Gasteiger partial charge in [-0.15, -0.1) is 0 Å². The topological polar surface area (TPSA) is 95.6 Å². The third-order valence-corrected chi connectivity index (χ3v) is 4.76. The van der Waals surface area contributed by atoms with Gasteiger partial charge in [-0.3, -0.25) is 24.1 Å². The maximum absolute atomic E-state index is 12.5. The number of fused-ring (bicyclic) bond motifs is 1. The maximum Gasteiger partial charge on any atom is 0.261 e. The molecule has 2 aromatic carbocycles. The van der Waals surface area contributed by atoms with Crippen LogP contribution in [0.5, 0.6) is 0 Å². The van der Waals surface area contributed by atoms with E-state index < -0.39 is 0 Å². The molecule has 7 heteroatoms. The lowest BCUT2D eigenvalue weighted by Gasteiger charge is -2.15. The molecule has 30 heavy (non-hydrogen) atoms. The first-order chi connectivity index (χ1) is 14.3. The van der Waals surface area contributed by atoms with Crippen LogP contribution in [0.3, 0.4) is 0 Å². The van der Waals surface area contributed by atoms with Gasteiger partial charge in [0.05, 0.1) is 11.1 Å². The number of rotatable bonds is 7. The molecule has 4 amide bonds. The molecule has 0 aliphatic carbocycles. The maximum atomic E-state index is 12.5. The average molecular weight is 407 g/mol. The largest absolute Gasteiger partial charge is 0.350 e. The van der Waals surface area contributed by atoms with Crippen LogP contribution < -0.4 is 10.6 Å². The second kappa shape index (κ2) is 8.90. The van der Waals surface area contributed by atoms with E-state index in [1.165, 1.54) is 23.1 Å². The minimum atomic E-state index is -0.372. The third kappa shape index (κ3) is 4.56. The van der Waals surface area contributed by atoms with Crippen LogP contribution >= 0.6 is 0 Å². The first-order valence-corrected chi connectivity index (χ1v) is 9.91. The molecule has 0 spiro atoms. The van der Waals surface area contributed by atoms with Crippen LogP contribution in [-0.4, -0.2) is 48.2 Å². The Labute approximate surface area is 175 Å². The van der Waals surface area contributed by atoms with Gasteiger partial charge in [-0.1, -0.05) is 31.5 Å². The van der Waals surface area contributed by atoms with Crippen molar-refractivity contribution in [3.8, 4) is 0 Å². The fourth-order valence-electron chi connectivity index (χ4n) is 3.31. The van der Waals surface area contributed by atoms with Crippen LogP contribution in [0.25, 0.3) is 0 Å². The van der Waals surface area contributed by atoms with Crippen molar-refractivity contribution >= 4 is 23.6 Å². The van der Waals surface area contributed by atoms with Crippen molar-refractivity contribution in [2.45, 2.75) is 20.8 Å². The minimum Gasteiger partial charge on any atom is -0.350 e. The lowest BCUT2D eigenvalue weighted by molar-refractivity contribution is 0.0635. The Morgan fingerprint density at radius 3 is 2.07 bits per heavy atom. The van der Waals surface area contributed by atoms with Gasteiger partial charge in [0.1, 0.15) is 0 Å². The molecule has 0 unspecified atom stereocenters. The molecule has 1 aliphatic rings. The van der Waals surface area contributed by atoms with Gasteiger partial charge < -0.3 is 10.6 Å². The number of hydrogen-bond acceptors (Lipinski definition) is 4. The summed E-state index contributed by atoms with van der Waals surface area (Å²) < 4.78 is 0. The molecule has 0 radical (unpaired) electrons. The van der Waals surface area contributed by atoms with E-state index >= 15 is 0 Å². The number of nitrogens with zero attached hydrogens (tertiary/aromatic N) is 1. The number of imide groups is 1. The van der Waals surface area contributed by atoms with Crippen molar-refractivity contribution in [1.82, 2.24) is 15.5 Å². The number of carbonyl (C=O) groups is 4. The second-order valence-electron chi connectivity index (χ2n) is 7.76. The zero-order valence-electron chi connectivity index (χ0n) is 17.3. The van der Waals surface area contributed by atoms with Gasteiger partial charge >= 0.3 is 0 Å². The highest BCUT2D eigenvalue weighted by molar-refractivity contribution is 6.22. The second-order valence-corrected chi connectivity index (χ2v) is 7.76. The van der Waals surface area contributed by atoms with E-state index in [9.17, 15) is 19.2 Å². The Bertz CT molecular complexity index is 1010. The summed E-state index contributed by atoms with van der Waals surface area (Å²) in [6, 6.07) is 11.7. The van der Waals surface area contributed by atoms with E-state index in [0.717, 1.165) is 5.56 Å². The minimum absolute atomic E-state index is 0.157.